The van der Waals surface area contributed by atoms with Crippen molar-refractivity contribution in [2.24, 2.45) is 11.5 Å². The molecule has 0 aliphatic heterocycles. The van der Waals surface area contributed by atoms with Crippen LogP contribution in [0.25, 0.3) is 0 Å². The Morgan fingerprint density at radius 1 is 0.740 bits per heavy atom. The second-order valence-corrected chi connectivity index (χ2v) is 12.4. The maximum atomic E-state index is 14.0. The van der Waals surface area contributed by atoms with E-state index in [4.69, 9.17) is 16.2 Å². The zero-order valence-corrected chi connectivity index (χ0v) is 28.5. The van der Waals surface area contributed by atoms with Gasteiger partial charge in [0.05, 0.1) is 25.3 Å². The number of anilines is 1. The molecule has 5 aromatic rings. The van der Waals surface area contributed by atoms with Gasteiger partial charge in [-0.05, 0) is 84.3 Å². The molecule has 0 spiro atoms. The highest BCUT2D eigenvalue weighted by Gasteiger charge is 2.36. The number of aliphatic hydroxyl groups excluding tert-OH is 1. The first-order valence-corrected chi connectivity index (χ1v) is 17.0. The number of nitrogens with two attached hydrogens (primary N) is 2. The minimum atomic E-state index is -0.918. The summed E-state index contributed by atoms with van der Waals surface area (Å²) < 4.78 is 5.47. The third-order valence-corrected chi connectivity index (χ3v) is 9.12. The van der Waals surface area contributed by atoms with Crippen molar-refractivity contribution in [1.29, 1.82) is 0 Å². The highest BCUT2D eigenvalue weighted by Crippen LogP contribution is 2.37. The van der Waals surface area contributed by atoms with Crippen molar-refractivity contribution in [3.05, 3.63) is 167 Å². The molecule has 0 radical (unpaired) electrons. The van der Waals surface area contributed by atoms with Crippen LogP contribution >= 0.6 is 0 Å². The molecule has 5 aromatic carbocycles. The van der Waals surface area contributed by atoms with Crippen LogP contribution in [0.3, 0.4) is 0 Å². The van der Waals surface area contributed by atoms with Gasteiger partial charge in [0.15, 0.2) is 0 Å². The van der Waals surface area contributed by atoms with E-state index in [1.165, 1.54) is 4.90 Å². The number of nitrogens with one attached hydrogen (secondary N) is 1. The van der Waals surface area contributed by atoms with E-state index in [2.05, 4.69) is 41.7 Å². The lowest BCUT2D eigenvalue weighted by atomic mass is 9.77. The molecule has 50 heavy (non-hydrogen) atoms. The molecule has 0 fully saturated rings. The molecule has 0 aliphatic rings. The fraction of sp³-hybridized carbons (Fsp3) is 0.238. The van der Waals surface area contributed by atoms with Gasteiger partial charge in [0.1, 0.15) is 11.8 Å². The third-order valence-electron chi connectivity index (χ3n) is 9.12. The lowest BCUT2D eigenvalue weighted by molar-refractivity contribution is -0.125. The van der Waals surface area contributed by atoms with Crippen LogP contribution in [-0.4, -0.2) is 42.7 Å². The van der Waals surface area contributed by atoms with Gasteiger partial charge in [-0.2, -0.15) is 0 Å². The van der Waals surface area contributed by atoms with Gasteiger partial charge in [-0.15, -0.1) is 0 Å². The van der Waals surface area contributed by atoms with Crippen LogP contribution in [0.4, 0.5) is 5.69 Å². The lowest BCUT2D eigenvalue weighted by Gasteiger charge is -2.37. The van der Waals surface area contributed by atoms with Crippen LogP contribution in [0.5, 0.6) is 5.75 Å². The standard InChI is InChI=1S/C42H46N4O4/c1-50-37-26-22-35(23-27-37)42(33-15-7-3-8-16-33,34-17-9-4-10-18-34)45-28-12-11-19-39(40(44)48)46(36-24-20-32(30-47)21-25-36)41(49)38(43)29-31-13-5-2-6-14-31/h2-10,13-18,20-27,38-39,45,47H,11-12,19,28-30,43H2,1H3,(H2,44,48)/t38-,39-/m0/s1. The minimum absolute atomic E-state index is 0.141. The summed E-state index contributed by atoms with van der Waals surface area (Å²) in [6, 6.07) is 43.4. The van der Waals surface area contributed by atoms with Gasteiger partial charge >= 0.3 is 0 Å². The predicted molar refractivity (Wildman–Crippen MR) is 199 cm³/mol. The summed E-state index contributed by atoms with van der Waals surface area (Å²) >= 11 is 0. The third kappa shape index (κ3) is 8.47. The number of carbonyl (C=O) groups excluding carboxylic acids is 2. The van der Waals surface area contributed by atoms with Crippen molar-refractivity contribution >= 4 is 17.5 Å². The van der Waals surface area contributed by atoms with Crippen LogP contribution in [-0.2, 0) is 28.2 Å². The Kier molecular flexibility index (Phi) is 12.5. The van der Waals surface area contributed by atoms with Crippen LogP contribution < -0.4 is 26.4 Å². The van der Waals surface area contributed by atoms with E-state index in [9.17, 15) is 14.7 Å². The fourth-order valence-corrected chi connectivity index (χ4v) is 6.52. The zero-order chi connectivity index (χ0) is 35.3. The maximum absolute atomic E-state index is 14.0. The van der Waals surface area contributed by atoms with Crippen LogP contribution in [0.1, 0.15) is 47.1 Å². The number of benzene rings is 5. The topological polar surface area (TPSA) is 131 Å². The number of carbonyl (C=O) groups is 2. The first-order valence-electron chi connectivity index (χ1n) is 17.0. The van der Waals surface area contributed by atoms with E-state index in [1.54, 1.807) is 31.4 Å². The maximum Gasteiger partial charge on any atom is 0.244 e. The number of ether oxygens (including phenoxy) is 1. The minimum Gasteiger partial charge on any atom is -0.497 e. The van der Waals surface area contributed by atoms with Crippen molar-refractivity contribution in [2.75, 3.05) is 18.6 Å². The molecular formula is C42H46N4O4. The van der Waals surface area contributed by atoms with Gasteiger partial charge in [0, 0.05) is 5.69 Å². The molecule has 0 saturated carbocycles. The van der Waals surface area contributed by atoms with E-state index in [1.807, 2.05) is 78.9 Å². The Morgan fingerprint density at radius 3 is 1.80 bits per heavy atom. The number of primary amides is 1. The van der Waals surface area contributed by atoms with E-state index in [0.717, 1.165) is 28.0 Å². The molecular weight excluding hydrogens is 624 g/mol. The summed E-state index contributed by atoms with van der Waals surface area (Å²) in [4.78, 5) is 28.5. The summed E-state index contributed by atoms with van der Waals surface area (Å²) in [5.41, 5.74) is 17.2. The van der Waals surface area contributed by atoms with Gasteiger partial charge in [-0.1, -0.05) is 115 Å². The van der Waals surface area contributed by atoms with Crippen molar-refractivity contribution in [3.8, 4) is 5.75 Å². The van der Waals surface area contributed by atoms with Crippen LogP contribution in [0.15, 0.2) is 140 Å². The van der Waals surface area contributed by atoms with Crippen LogP contribution in [0, 0.1) is 0 Å². The van der Waals surface area contributed by atoms with E-state index < -0.39 is 23.5 Å². The van der Waals surface area contributed by atoms with Crippen molar-refractivity contribution in [1.82, 2.24) is 5.32 Å². The molecule has 0 bridgehead atoms. The molecule has 0 heterocycles. The van der Waals surface area contributed by atoms with E-state index in [-0.39, 0.29) is 12.5 Å². The summed E-state index contributed by atoms with van der Waals surface area (Å²) in [5, 5.41) is 13.5. The number of amides is 2. The van der Waals surface area contributed by atoms with E-state index in [0.29, 0.717) is 43.5 Å². The van der Waals surface area contributed by atoms with E-state index >= 15 is 0 Å². The lowest BCUT2D eigenvalue weighted by Crippen LogP contribution is -2.54. The average molecular weight is 671 g/mol. The normalized spacial score (nSPS) is 12.5. The van der Waals surface area contributed by atoms with Crippen LogP contribution in [0.2, 0.25) is 0 Å². The Hall–Kier alpha value is -5.28. The van der Waals surface area contributed by atoms with Crippen molar-refractivity contribution < 1.29 is 19.4 Å². The molecule has 5 rings (SSSR count). The van der Waals surface area contributed by atoms with Gasteiger partial charge < -0.3 is 21.3 Å². The zero-order valence-electron chi connectivity index (χ0n) is 28.5. The number of nitrogens with zero attached hydrogens (tertiary/aromatic N) is 1. The second-order valence-electron chi connectivity index (χ2n) is 12.4. The van der Waals surface area contributed by atoms with Gasteiger partial charge in [-0.3, -0.25) is 19.8 Å². The summed E-state index contributed by atoms with van der Waals surface area (Å²) in [7, 11) is 1.66. The van der Waals surface area contributed by atoms with Crippen molar-refractivity contribution in [2.45, 2.75) is 49.9 Å². The quantitative estimate of drug-likeness (QED) is 0.0743. The fourth-order valence-electron chi connectivity index (χ4n) is 6.52. The molecule has 0 aliphatic carbocycles. The summed E-state index contributed by atoms with van der Waals surface area (Å²) in [6.45, 7) is 0.464. The smallest absolute Gasteiger partial charge is 0.244 e. The Labute approximate surface area is 294 Å². The number of unbranched alkanes of at least 4 members (excludes halogenated alkanes) is 1. The number of methoxy groups -OCH3 is 1. The molecule has 8 nitrogen and oxygen atoms in total. The summed E-state index contributed by atoms with van der Waals surface area (Å²) in [6.07, 6.45) is 1.96. The first-order chi connectivity index (χ1) is 24.4. The molecule has 6 N–H and O–H groups in total. The highest BCUT2D eigenvalue weighted by molar-refractivity contribution is 6.03. The van der Waals surface area contributed by atoms with Gasteiger partial charge in [-0.25, -0.2) is 0 Å². The molecule has 0 saturated heterocycles. The monoisotopic (exact) mass is 670 g/mol. The molecule has 2 amide bonds. The molecule has 0 unspecified atom stereocenters. The first kappa shape index (κ1) is 36.0. The predicted octanol–water partition coefficient (Wildman–Crippen LogP) is 5.70. The molecule has 258 valence electrons. The Balaban J connectivity index is 1.38. The number of hydrogen-bond acceptors (Lipinski definition) is 6. The molecule has 0 aromatic heterocycles. The Morgan fingerprint density at radius 2 is 1.28 bits per heavy atom. The van der Waals surface area contributed by atoms with Gasteiger partial charge in [0.25, 0.3) is 0 Å². The number of rotatable bonds is 17. The highest BCUT2D eigenvalue weighted by atomic mass is 16.5. The second kappa shape index (κ2) is 17.4. The molecule has 2 atom stereocenters. The largest absolute Gasteiger partial charge is 0.497 e. The summed E-state index contributed by atoms with van der Waals surface area (Å²) in [5.74, 6) is -0.223. The Bertz CT molecular complexity index is 1740. The van der Waals surface area contributed by atoms with Crippen molar-refractivity contribution in [3.63, 3.8) is 0 Å². The molecule has 8 heteroatoms. The number of hydrogen-bond donors (Lipinski definition) is 4. The average Bonchev–Trinajstić information content (AvgIpc) is 3.17. The number of aliphatic hydroxyl groups is 1. The SMILES string of the molecule is COc1ccc(C(NCCCC[C@@H](C(N)=O)N(C(=O)[C@@H](N)Cc2ccccc2)c2ccc(CO)cc2)(c2ccccc2)c2ccccc2)cc1. The van der Waals surface area contributed by atoms with Gasteiger partial charge in [0.2, 0.25) is 11.8 Å².